The highest BCUT2D eigenvalue weighted by atomic mass is 35.5. The number of hydrogen-bond acceptors (Lipinski definition) is 3. The lowest BCUT2D eigenvalue weighted by atomic mass is 10.0. The van der Waals surface area contributed by atoms with Gasteiger partial charge in [-0.25, -0.2) is 0 Å². The minimum atomic E-state index is 0. The van der Waals surface area contributed by atoms with Crippen LogP contribution in [0.15, 0.2) is 35.7 Å². The molecule has 1 atom stereocenters. The molecule has 1 aromatic heterocycles. The molecule has 0 unspecified atom stereocenters. The van der Waals surface area contributed by atoms with Gasteiger partial charge in [-0.1, -0.05) is 35.3 Å². The van der Waals surface area contributed by atoms with Crippen molar-refractivity contribution in [3.8, 4) is 0 Å². The first kappa shape index (κ1) is 20.0. The van der Waals surface area contributed by atoms with E-state index in [1.54, 1.807) is 11.3 Å². The summed E-state index contributed by atoms with van der Waals surface area (Å²) in [6.07, 6.45) is 0. The number of rotatable bonds is 3. The van der Waals surface area contributed by atoms with Gasteiger partial charge in [-0.05, 0) is 29.1 Å². The number of benzene rings is 1. The molecule has 0 spiro atoms. The monoisotopic (exact) mass is 398 g/mol. The van der Waals surface area contributed by atoms with Gasteiger partial charge in [-0.3, -0.25) is 4.90 Å². The van der Waals surface area contributed by atoms with Crippen molar-refractivity contribution in [3.63, 3.8) is 0 Å². The third kappa shape index (κ3) is 4.51. The normalized spacial score (nSPS) is 16.5. The van der Waals surface area contributed by atoms with E-state index in [9.17, 15) is 0 Å². The van der Waals surface area contributed by atoms with Crippen LogP contribution in [-0.4, -0.2) is 31.1 Å². The maximum absolute atomic E-state index is 6.20. The SMILES string of the molecule is Cl.Cl.Clc1ccc([C@H](c2cccs2)N2CCNCC2)cc1Cl. The number of halogens is 4. The zero-order valence-electron chi connectivity index (χ0n) is 11.8. The van der Waals surface area contributed by atoms with Gasteiger partial charge in [-0.2, -0.15) is 0 Å². The van der Waals surface area contributed by atoms with Crippen molar-refractivity contribution in [1.29, 1.82) is 0 Å². The van der Waals surface area contributed by atoms with Crippen molar-refractivity contribution in [2.45, 2.75) is 6.04 Å². The Morgan fingerprint density at radius 1 is 1.05 bits per heavy atom. The summed E-state index contributed by atoms with van der Waals surface area (Å²) in [5.74, 6) is 0. The fraction of sp³-hybridized carbons (Fsp3) is 0.333. The quantitative estimate of drug-likeness (QED) is 0.789. The summed E-state index contributed by atoms with van der Waals surface area (Å²) in [5.41, 5.74) is 1.21. The number of hydrogen-bond donors (Lipinski definition) is 1. The summed E-state index contributed by atoms with van der Waals surface area (Å²) in [6.45, 7) is 4.15. The van der Waals surface area contributed by atoms with Gasteiger partial charge < -0.3 is 5.32 Å². The summed E-state index contributed by atoms with van der Waals surface area (Å²) in [4.78, 5) is 3.85. The molecule has 122 valence electrons. The van der Waals surface area contributed by atoms with Crippen LogP contribution >= 0.6 is 59.4 Å². The molecule has 1 aromatic carbocycles. The molecule has 1 aliphatic rings. The largest absolute Gasteiger partial charge is 0.314 e. The molecule has 0 bridgehead atoms. The van der Waals surface area contributed by atoms with Crippen molar-refractivity contribution < 1.29 is 0 Å². The average molecular weight is 400 g/mol. The van der Waals surface area contributed by atoms with Gasteiger partial charge in [0.1, 0.15) is 0 Å². The molecule has 22 heavy (non-hydrogen) atoms. The molecule has 0 saturated carbocycles. The second-order valence-corrected chi connectivity index (χ2v) is 6.67. The highest BCUT2D eigenvalue weighted by Crippen LogP contribution is 2.34. The Morgan fingerprint density at radius 2 is 1.77 bits per heavy atom. The number of nitrogens with zero attached hydrogens (tertiary/aromatic N) is 1. The fourth-order valence-electron chi connectivity index (χ4n) is 2.62. The minimum Gasteiger partial charge on any atom is -0.314 e. The topological polar surface area (TPSA) is 15.3 Å². The van der Waals surface area contributed by atoms with Gasteiger partial charge in [0.25, 0.3) is 0 Å². The first-order valence-corrected chi connectivity index (χ1v) is 8.32. The second-order valence-electron chi connectivity index (χ2n) is 4.88. The third-order valence-corrected chi connectivity index (χ3v) is 5.25. The molecule has 3 rings (SSSR count). The second kappa shape index (κ2) is 9.33. The van der Waals surface area contributed by atoms with Crippen molar-refractivity contribution in [2.75, 3.05) is 26.2 Å². The Balaban J connectivity index is 0.00000121. The smallest absolute Gasteiger partial charge is 0.0697 e. The summed E-state index contributed by atoms with van der Waals surface area (Å²) in [6, 6.07) is 10.5. The third-order valence-electron chi connectivity index (χ3n) is 3.59. The van der Waals surface area contributed by atoms with Crippen molar-refractivity contribution in [1.82, 2.24) is 10.2 Å². The van der Waals surface area contributed by atoms with Gasteiger partial charge in [0.05, 0.1) is 16.1 Å². The predicted octanol–water partition coefficient (Wildman–Crippen LogP) is 4.89. The maximum atomic E-state index is 6.20. The van der Waals surface area contributed by atoms with Gasteiger partial charge in [-0.15, -0.1) is 36.2 Å². The molecule has 2 aromatic rings. The lowest BCUT2D eigenvalue weighted by Crippen LogP contribution is -2.45. The first-order chi connectivity index (χ1) is 9.75. The van der Waals surface area contributed by atoms with E-state index in [0.29, 0.717) is 10.0 Å². The highest BCUT2D eigenvalue weighted by Gasteiger charge is 2.25. The molecule has 7 heteroatoms. The minimum absolute atomic E-state index is 0. The zero-order chi connectivity index (χ0) is 13.9. The molecule has 0 aliphatic carbocycles. The molecular formula is C15H18Cl4N2S. The number of piperazine rings is 1. The van der Waals surface area contributed by atoms with Crippen LogP contribution in [0.3, 0.4) is 0 Å². The number of thiophene rings is 1. The Labute approximate surface area is 157 Å². The van der Waals surface area contributed by atoms with E-state index in [-0.39, 0.29) is 30.9 Å². The van der Waals surface area contributed by atoms with Crippen LogP contribution in [0.1, 0.15) is 16.5 Å². The van der Waals surface area contributed by atoms with Crippen LogP contribution in [0.2, 0.25) is 10.0 Å². The molecule has 1 saturated heterocycles. The van der Waals surface area contributed by atoms with Crippen LogP contribution < -0.4 is 5.32 Å². The van der Waals surface area contributed by atoms with Crippen LogP contribution in [0.25, 0.3) is 0 Å². The van der Waals surface area contributed by atoms with Gasteiger partial charge in [0.15, 0.2) is 0 Å². The van der Waals surface area contributed by atoms with E-state index < -0.39 is 0 Å². The van der Waals surface area contributed by atoms with E-state index in [0.717, 1.165) is 26.2 Å². The van der Waals surface area contributed by atoms with E-state index in [1.807, 2.05) is 12.1 Å². The lowest BCUT2D eigenvalue weighted by molar-refractivity contribution is 0.200. The summed E-state index contributed by atoms with van der Waals surface area (Å²) >= 11 is 14.0. The summed E-state index contributed by atoms with van der Waals surface area (Å²) in [5, 5.41) is 6.77. The summed E-state index contributed by atoms with van der Waals surface area (Å²) < 4.78 is 0. The van der Waals surface area contributed by atoms with Crippen molar-refractivity contribution in [2.24, 2.45) is 0 Å². The maximum Gasteiger partial charge on any atom is 0.0697 e. The van der Waals surface area contributed by atoms with Gasteiger partial charge in [0, 0.05) is 31.1 Å². The molecule has 2 nitrogen and oxygen atoms in total. The Bertz CT molecular complexity index is 571. The van der Waals surface area contributed by atoms with Crippen molar-refractivity contribution in [3.05, 3.63) is 56.2 Å². The van der Waals surface area contributed by atoms with E-state index >= 15 is 0 Å². The molecular weight excluding hydrogens is 382 g/mol. The average Bonchev–Trinajstić information content (AvgIpc) is 2.98. The van der Waals surface area contributed by atoms with E-state index in [2.05, 4.69) is 33.8 Å². The standard InChI is InChI=1S/C15H16Cl2N2S.2ClH/c16-12-4-3-11(10-13(12)17)15(14-2-1-9-20-14)19-7-5-18-6-8-19;;/h1-4,9-10,15,18H,5-8H2;2*1H/t15-;;/m1../s1. The van der Waals surface area contributed by atoms with Crippen molar-refractivity contribution >= 4 is 59.4 Å². The molecule has 0 amide bonds. The van der Waals surface area contributed by atoms with Crippen LogP contribution in [-0.2, 0) is 0 Å². The molecule has 2 heterocycles. The Kier molecular flexibility index (Phi) is 8.50. The molecule has 0 radical (unpaired) electrons. The van der Waals surface area contributed by atoms with E-state index in [1.165, 1.54) is 10.4 Å². The first-order valence-electron chi connectivity index (χ1n) is 6.69. The Hall–Kier alpha value is -0.000000000000000167. The van der Waals surface area contributed by atoms with Gasteiger partial charge >= 0.3 is 0 Å². The molecule has 1 fully saturated rings. The van der Waals surface area contributed by atoms with E-state index in [4.69, 9.17) is 23.2 Å². The molecule has 1 aliphatic heterocycles. The Morgan fingerprint density at radius 3 is 2.36 bits per heavy atom. The van der Waals surface area contributed by atoms with Crippen LogP contribution in [0, 0.1) is 0 Å². The number of nitrogens with one attached hydrogen (secondary N) is 1. The molecule has 1 N–H and O–H groups in total. The lowest BCUT2D eigenvalue weighted by Gasteiger charge is -2.34. The highest BCUT2D eigenvalue weighted by molar-refractivity contribution is 7.10. The fourth-order valence-corrected chi connectivity index (χ4v) is 3.82. The predicted molar refractivity (Wildman–Crippen MR) is 102 cm³/mol. The zero-order valence-corrected chi connectivity index (χ0v) is 15.8. The summed E-state index contributed by atoms with van der Waals surface area (Å²) in [7, 11) is 0. The van der Waals surface area contributed by atoms with Crippen LogP contribution in [0.4, 0.5) is 0 Å². The van der Waals surface area contributed by atoms with Crippen LogP contribution in [0.5, 0.6) is 0 Å². The van der Waals surface area contributed by atoms with Gasteiger partial charge in [0.2, 0.25) is 0 Å².